The van der Waals surface area contributed by atoms with Crippen LogP contribution in [0.3, 0.4) is 0 Å². The molecule has 0 aromatic carbocycles. The fourth-order valence-corrected chi connectivity index (χ4v) is 1.93. The molecule has 0 amide bonds. The maximum atomic E-state index is 11.5. The Bertz CT molecular complexity index is 578. The number of carbonyl (C=O) groups is 1. The number of aryl methyl sites for hydroxylation is 1. The van der Waals surface area contributed by atoms with Gasteiger partial charge in [-0.1, -0.05) is 6.07 Å². The molecule has 0 fully saturated rings. The molecule has 2 heterocycles. The van der Waals surface area contributed by atoms with Gasteiger partial charge in [-0.3, -0.25) is 4.98 Å². The molecule has 0 aliphatic rings. The van der Waals surface area contributed by atoms with Crippen LogP contribution in [0.2, 0.25) is 0 Å². The second kappa shape index (κ2) is 6.34. The summed E-state index contributed by atoms with van der Waals surface area (Å²) < 4.78 is 10.2. The van der Waals surface area contributed by atoms with E-state index in [0.717, 1.165) is 5.69 Å². The summed E-state index contributed by atoms with van der Waals surface area (Å²) in [4.78, 5) is 15.8. The lowest BCUT2D eigenvalue weighted by atomic mass is 10.2. The minimum Gasteiger partial charge on any atom is -0.465 e. The molecule has 1 unspecified atom stereocenters. The Labute approximate surface area is 118 Å². The summed E-state index contributed by atoms with van der Waals surface area (Å²) in [7, 11) is 1.36. The van der Waals surface area contributed by atoms with E-state index in [9.17, 15) is 4.79 Å². The van der Waals surface area contributed by atoms with Crippen molar-refractivity contribution < 1.29 is 13.9 Å². The van der Waals surface area contributed by atoms with E-state index in [2.05, 4.69) is 10.3 Å². The smallest absolute Gasteiger partial charge is 0.341 e. The van der Waals surface area contributed by atoms with Crippen molar-refractivity contribution in [3.05, 3.63) is 53.2 Å². The molecule has 2 aromatic rings. The van der Waals surface area contributed by atoms with E-state index in [1.165, 1.54) is 7.11 Å². The molecule has 0 spiro atoms. The van der Waals surface area contributed by atoms with Crippen LogP contribution < -0.4 is 5.32 Å². The number of nitrogens with zero attached hydrogens (tertiary/aromatic N) is 1. The van der Waals surface area contributed by atoms with E-state index in [-0.39, 0.29) is 12.0 Å². The van der Waals surface area contributed by atoms with Crippen LogP contribution in [0.15, 0.2) is 34.9 Å². The summed E-state index contributed by atoms with van der Waals surface area (Å²) in [6.07, 6.45) is 1.76. The number of aromatic nitrogens is 1. The van der Waals surface area contributed by atoms with Gasteiger partial charge >= 0.3 is 5.97 Å². The van der Waals surface area contributed by atoms with Crippen molar-refractivity contribution in [1.82, 2.24) is 10.3 Å². The van der Waals surface area contributed by atoms with Gasteiger partial charge in [0.2, 0.25) is 0 Å². The SMILES string of the molecule is COC(=O)c1cc(CNC(C)c2ccccn2)oc1C. The summed E-state index contributed by atoms with van der Waals surface area (Å²) in [5, 5.41) is 3.30. The molecule has 0 saturated carbocycles. The molecule has 2 aromatic heterocycles. The van der Waals surface area contributed by atoms with Gasteiger partial charge in [-0.15, -0.1) is 0 Å². The highest BCUT2D eigenvalue weighted by Crippen LogP contribution is 2.17. The third-order valence-electron chi connectivity index (χ3n) is 3.09. The van der Waals surface area contributed by atoms with E-state index < -0.39 is 0 Å². The molecule has 5 nitrogen and oxygen atoms in total. The van der Waals surface area contributed by atoms with Crippen molar-refractivity contribution in [2.75, 3.05) is 7.11 Å². The second-order valence-electron chi connectivity index (χ2n) is 4.53. The van der Waals surface area contributed by atoms with Gasteiger partial charge in [0.15, 0.2) is 0 Å². The highest BCUT2D eigenvalue weighted by atomic mass is 16.5. The summed E-state index contributed by atoms with van der Waals surface area (Å²) in [5.41, 5.74) is 1.43. The third kappa shape index (κ3) is 3.24. The van der Waals surface area contributed by atoms with Gasteiger partial charge in [0.25, 0.3) is 0 Å². The molecule has 5 heteroatoms. The number of ether oxygens (including phenoxy) is 1. The topological polar surface area (TPSA) is 64.4 Å². The minimum absolute atomic E-state index is 0.100. The molecule has 1 atom stereocenters. The van der Waals surface area contributed by atoms with Crippen LogP contribution in [0.4, 0.5) is 0 Å². The molecule has 0 aliphatic carbocycles. The first-order chi connectivity index (χ1) is 9.61. The van der Waals surface area contributed by atoms with E-state index in [0.29, 0.717) is 23.6 Å². The quantitative estimate of drug-likeness (QED) is 0.849. The fraction of sp³-hybridized carbons (Fsp3) is 0.333. The average molecular weight is 274 g/mol. The Kier molecular flexibility index (Phi) is 4.53. The molecule has 0 bridgehead atoms. The number of hydrogen-bond acceptors (Lipinski definition) is 5. The number of esters is 1. The van der Waals surface area contributed by atoms with Crippen molar-refractivity contribution in [2.24, 2.45) is 0 Å². The maximum absolute atomic E-state index is 11.5. The van der Waals surface area contributed by atoms with Crippen LogP contribution in [-0.4, -0.2) is 18.1 Å². The predicted octanol–water partition coefficient (Wildman–Crippen LogP) is 2.62. The van der Waals surface area contributed by atoms with E-state index in [1.54, 1.807) is 19.2 Å². The summed E-state index contributed by atoms with van der Waals surface area (Å²) in [6, 6.07) is 7.61. The Morgan fingerprint density at radius 2 is 2.30 bits per heavy atom. The van der Waals surface area contributed by atoms with Crippen molar-refractivity contribution in [2.45, 2.75) is 26.4 Å². The Morgan fingerprint density at radius 3 is 2.95 bits per heavy atom. The second-order valence-corrected chi connectivity index (χ2v) is 4.53. The zero-order valence-electron chi connectivity index (χ0n) is 11.8. The normalized spacial score (nSPS) is 12.2. The van der Waals surface area contributed by atoms with Crippen LogP contribution in [0.1, 0.15) is 40.5 Å². The summed E-state index contributed by atoms with van der Waals surface area (Å²) >= 11 is 0. The van der Waals surface area contributed by atoms with Crippen LogP contribution >= 0.6 is 0 Å². The van der Waals surface area contributed by atoms with Crippen LogP contribution in [0, 0.1) is 6.92 Å². The molecular weight excluding hydrogens is 256 g/mol. The van der Waals surface area contributed by atoms with Crippen molar-refractivity contribution in [3.63, 3.8) is 0 Å². The number of pyridine rings is 1. The standard InChI is InChI=1S/C15H18N2O3/c1-10(14-6-4-5-7-16-14)17-9-12-8-13(11(2)20-12)15(18)19-3/h4-8,10,17H,9H2,1-3H3. The lowest BCUT2D eigenvalue weighted by molar-refractivity contribution is 0.0599. The average Bonchev–Trinajstić information content (AvgIpc) is 2.86. The van der Waals surface area contributed by atoms with Crippen molar-refractivity contribution in [1.29, 1.82) is 0 Å². The Balaban J connectivity index is 1.99. The summed E-state index contributed by atoms with van der Waals surface area (Å²) in [6.45, 7) is 4.30. The molecule has 106 valence electrons. The Morgan fingerprint density at radius 1 is 1.50 bits per heavy atom. The van der Waals surface area contributed by atoms with Crippen molar-refractivity contribution >= 4 is 5.97 Å². The van der Waals surface area contributed by atoms with Gasteiger partial charge in [-0.25, -0.2) is 4.79 Å². The zero-order chi connectivity index (χ0) is 14.5. The maximum Gasteiger partial charge on any atom is 0.341 e. The fourth-order valence-electron chi connectivity index (χ4n) is 1.93. The number of hydrogen-bond donors (Lipinski definition) is 1. The van der Waals surface area contributed by atoms with E-state index in [1.807, 2.05) is 25.1 Å². The largest absolute Gasteiger partial charge is 0.465 e. The number of carbonyl (C=O) groups excluding carboxylic acids is 1. The first-order valence-electron chi connectivity index (χ1n) is 6.43. The third-order valence-corrected chi connectivity index (χ3v) is 3.09. The van der Waals surface area contributed by atoms with Crippen molar-refractivity contribution in [3.8, 4) is 0 Å². The molecule has 0 radical (unpaired) electrons. The van der Waals surface area contributed by atoms with Gasteiger partial charge in [0.05, 0.1) is 19.3 Å². The lowest BCUT2D eigenvalue weighted by Crippen LogP contribution is -2.18. The zero-order valence-corrected chi connectivity index (χ0v) is 11.8. The molecular formula is C15H18N2O3. The van der Waals surface area contributed by atoms with Gasteiger partial charge < -0.3 is 14.5 Å². The van der Waals surface area contributed by atoms with Gasteiger partial charge in [0.1, 0.15) is 17.1 Å². The van der Waals surface area contributed by atoms with Gasteiger partial charge in [-0.05, 0) is 32.0 Å². The van der Waals surface area contributed by atoms with E-state index >= 15 is 0 Å². The monoisotopic (exact) mass is 274 g/mol. The van der Waals surface area contributed by atoms with Gasteiger partial charge in [-0.2, -0.15) is 0 Å². The molecule has 2 rings (SSSR count). The molecule has 0 saturated heterocycles. The molecule has 1 N–H and O–H groups in total. The van der Waals surface area contributed by atoms with Crippen LogP contribution in [-0.2, 0) is 11.3 Å². The minimum atomic E-state index is -0.379. The van der Waals surface area contributed by atoms with Crippen LogP contribution in [0.25, 0.3) is 0 Å². The highest BCUT2D eigenvalue weighted by molar-refractivity contribution is 5.90. The number of rotatable bonds is 5. The first kappa shape index (κ1) is 14.3. The van der Waals surface area contributed by atoms with Gasteiger partial charge in [0, 0.05) is 12.2 Å². The van der Waals surface area contributed by atoms with E-state index in [4.69, 9.17) is 9.15 Å². The molecule has 20 heavy (non-hydrogen) atoms. The Hall–Kier alpha value is -2.14. The summed E-state index contributed by atoms with van der Waals surface area (Å²) in [5.74, 6) is 0.889. The molecule has 0 aliphatic heterocycles. The highest BCUT2D eigenvalue weighted by Gasteiger charge is 2.15. The first-order valence-corrected chi connectivity index (χ1v) is 6.43. The predicted molar refractivity (Wildman–Crippen MR) is 74.3 cm³/mol. The number of furan rings is 1. The number of nitrogens with one attached hydrogen (secondary N) is 1. The van der Waals surface area contributed by atoms with Crippen LogP contribution in [0.5, 0.6) is 0 Å². The lowest BCUT2D eigenvalue weighted by Gasteiger charge is -2.11. The number of methoxy groups -OCH3 is 1.